The van der Waals surface area contributed by atoms with E-state index in [1.54, 1.807) is 0 Å². The Morgan fingerprint density at radius 2 is 2.14 bits per heavy atom. The van der Waals surface area contributed by atoms with E-state index in [2.05, 4.69) is 10.7 Å². The molecular formula is C2H6CuN2O2. The molecule has 0 heterocycles. The third-order valence-electron chi connectivity index (χ3n) is 0.298. The van der Waals surface area contributed by atoms with Crippen molar-refractivity contribution >= 4 is 5.97 Å². The Balaban J connectivity index is 0. The van der Waals surface area contributed by atoms with Crippen LogP contribution in [0.1, 0.15) is 0 Å². The Kier molecular flexibility index (Phi) is 8.45. The average Bonchev–Trinajstić information content (AvgIpc) is 1.65. The molecule has 0 saturated carbocycles. The molecule has 4 N–H and O–H groups in total. The molecule has 0 aliphatic heterocycles. The van der Waals surface area contributed by atoms with E-state index in [4.69, 9.17) is 5.73 Å². The molecule has 0 spiro atoms. The maximum Gasteiger partial charge on any atom is 0.338 e. The molecule has 0 aromatic heterocycles. The van der Waals surface area contributed by atoms with E-state index in [1.807, 2.05) is 0 Å². The molecule has 0 fully saturated rings. The van der Waals surface area contributed by atoms with Crippen LogP contribution in [0.4, 0.5) is 0 Å². The Bertz CT molecular complexity index is 51.7. The normalized spacial score (nSPS) is 6.57. The largest absolute Gasteiger partial charge is 0.372 e. The van der Waals surface area contributed by atoms with Gasteiger partial charge >= 0.3 is 5.97 Å². The van der Waals surface area contributed by atoms with Gasteiger partial charge in [-0.1, -0.05) is 0 Å². The third-order valence-corrected chi connectivity index (χ3v) is 0.298. The van der Waals surface area contributed by atoms with E-state index < -0.39 is 5.97 Å². The van der Waals surface area contributed by atoms with Gasteiger partial charge in [-0.3, -0.25) is 0 Å². The van der Waals surface area contributed by atoms with Crippen molar-refractivity contribution in [3.8, 4) is 0 Å². The van der Waals surface area contributed by atoms with Gasteiger partial charge in [0.25, 0.3) is 0 Å². The van der Waals surface area contributed by atoms with E-state index in [1.165, 1.54) is 0 Å². The molecule has 0 atom stereocenters. The van der Waals surface area contributed by atoms with Crippen LogP contribution in [0.2, 0.25) is 0 Å². The fourth-order valence-electron chi connectivity index (χ4n) is 0.0481. The van der Waals surface area contributed by atoms with Gasteiger partial charge in [-0.15, -0.1) is 0 Å². The fraction of sp³-hybridized carbons (Fsp3) is 0.500. The fourth-order valence-corrected chi connectivity index (χ4v) is 0.0481. The second kappa shape index (κ2) is 5.91. The van der Waals surface area contributed by atoms with Crippen molar-refractivity contribution in [2.45, 2.75) is 0 Å². The molecule has 0 rings (SSSR count). The quantitative estimate of drug-likeness (QED) is 0.350. The molecule has 0 aliphatic rings. The Labute approximate surface area is 51.6 Å². The standard InChI is InChI=1S/C2H6N2O2.Cu/c3-1-2(5)6-4;/h1,3-4H2;. The van der Waals surface area contributed by atoms with Gasteiger partial charge in [-0.25, -0.2) is 4.79 Å². The summed E-state index contributed by atoms with van der Waals surface area (Å²) in [6.45, 7) is -0.156. The van der Waals surface area contributed by atoms with E-state index in [0.29, 0.717) is 0 Å². The number of hydrogen-bond donors (Lipinski definition) is 2. The third kappa shape index (κ3) is 5.91. The second-order valence-corrected chi connectivity index (χ2v) is 0.694. The van der Waals surface area contributed by atoms with Crippen LogP contribution >= 0.6 is 0 Å². The van der Waals surface area contributed by atoms with Crippen LogP contribution in [-0.4, -0.2) is 12.5 Å². The molecule has 5 heteroatoms. The van der Waals surface area contributed by atoms with Crippen molar-refractivity contribution in [1.82, 2.24) is 0 Å². The van der Waals surface area contributed by atoms with Gasteiger partial charge in [0.1, 0.15) is 0 Å². The second-order valence-electron chi connectivity index (χ2n) is 0.694. The van der Waals surface area contributed by atoms with E-state index in [-0.39, 0.29) is 23.6 Å². The van der Waals surface area contributed by atoms with Gasteiger partial charge < -0.3 is 10.6 Å². The summed E-state index contributed by atoms with van der Waals surface area (Å²) in [5, 5.41) is 0. The zero-order chi connectivity index (χ0) is 4.99. The summed E-state index contributed by atoms with van der Waals surface area (Å²) in [5.41, 5.74) is 4.73. The molecule has 0 bridgehead atoms. The molecule has 0 saturated heterocycles. The number of carbonyl (C=O) groups excluding carboxylic acids is 1. The van der Waals surface area contributed by atoms with E-state index in [0.717, 1.165) is 0 Å². The van der Waals surface area contributed by atoms with Gasteiger partial charge in [0.15, 0.2) is 0 Å². The Morgan fingerprint density at radius 3 is 2.14 bits per heavy atom. The van der Waals surface area contributed by atoms with E-state index in [9.17, 15) is 4.79 Å². The van der Waals surface area contributed by atoms with Crippen LogP contribution in [-0.2, 0) is 26.7 Å². The first-order valence-electron chi connectivity index (χ1n) is 1.41. The predicted molar refractivity (Wildman–Crippen MR) is 19.3 cm³/mol. The van der Waals surface area contributed by atoms with Gasteiger partial charge in [0.05, 0.1) is 6.54 Å². The summed E-state index contributed by atoms with van der Waals surface area (Å²) in [7, 11) is 0. The molecule has 0 amide bonds. The number of nitrogens with two attached hydrogens (primary N) is 2. The Hall–Kier alpha value is -0.0905. The van der Waals surface area contributed by atoms with Gasteiger partial charge in [-0.05, 0) is 0 Å². The van der Waals surface area contributed by atoms with Crippen molar-refractivity contribution in [2.24, 2.45) is 11.6 Å². The molecule has 0 aromatic carbocycles. The molecule has 0 aliphatic carbocycles. The molecule has 47 valence electrons. The SMILES string of the molecule is NCC(=O)ON.[Cu]. The molecule has 4 nitrogen and oxygen atoms in total. The van der Waals surface area contributed by atoms with Crippen LogP contribution in [0, 0.1) is 0 Å². The van der Waals surface area contributed by atoms with Crippen molar-refractivity contribution in [1.29, 1.82) is 0 Å². The zero-order valence-electron chi connectivity index (χ0n) is 3.48. The molecule has 0 unspecified atom stereocenters. The van der Waals surface area contributed by atoms with Crippen LogP contribution in [0.25, 0.3) is 0 Å². The summed E-state index contributed by atoms with van der Waals surface area (Å²) >= 11 is 0. The van der Waals surface area contributed by atoms with E-state index >= 15 is 0 Å². The summed E-state index contributed by atoms with van der Waals surface area (Å²) in [5.74, 6) is 3.75. The predicted octanol–water partition coefficient (Wildman–Crippen LogP) is -1.64. The topological polar surface area (TPSA) is 78.3 Å². The summed E-state index contributed by atoms with van der Waals surface area (Å²) in [6, 6.07) is 0. The maximum absolute atomic E-state index is 9.71. The van der Waals surface area contributed by atoms with Crippen LogP contribution in [0.15, 0.2) is 0 Å². The van der Waals surface area contributed by atoms with Crippen molar-refractivity contribution in [2.75, 3.05) is 6.54 Å². The van der Waals surface area contributed by atoms with Gasteiger partial charge in [0, 0.05) is 17.1 Å². The van der Waals surface area contributed by atoms with Crippen molar-refractivity contribution in [3.05, 3.63) is 0 Å². The van der Waals surface area contributed by atoms with Gasteiger partial charge in [-0.2, -0.15) is 5.90 Å². The average molecular weight is 154 g/mol. The minimum absolute atomic E-state index is 0. The van der Waals surface area contributed by atoms with Crippen molar-refractivity contribution < 1.29 is 26.7 Å². The number of carbonyl (C=O) groups is 1. The first-order chi connectivity index (χ1) is 2.81. The van der Waals surface area contributed by atoms with Crippen molar-refractivity contribution in [3.63, 3.8) is 0 Å². The van der Waals surface area contributed by atoms with Crippen LogP contribution < -0.4 is 11.6 Å². The minimum atomic E-state index is -0.602. The molecular weight excluding hydrogens is 148 g/mol. The number of rotatable bonds is 1. The summed E-state index contributed by atoms with van der Waals surface area (Å²) < 4.78 is 0. The summed E-state index contributed by atoms with van der Waals surface area (Å²) in [6.07, 6.45) is 0. The molecule has 1 radical (unpaired) electrons. The monoisotopic (exact) mass is 153 g/mol. The van der Waals surface area contributed by atoms with Crippen LogP contribution in [0.3, 0.4) is 0 Å². The first-order valence-corrected chi connectivity index (χ1v) is 1.41. The zero-order valence-corrected chi connectivity index (χ0v) is 4.42. The van der Waals surface area contributed by atoms with Gasteiger partial charge in [0.2, 0.25) is 0 Å². The minimum Gasteiger partial charge on any atom is -0.372 e. The summed E-state index contributed by atoms with van der Waals surface area (Å²) in [4.78, 5) is 13.3. The first kappa shape index (κ1) is 10.0. The number of hydrogen-bond acceptors (Lipinski definition) is 4. The molecule has 0 aromatic rings. The maximum atomic E-state index is 9.71. The Morgan fingerprint density at radius 1 is 1.71 bits per heavy atom. The smallest absolute Gasteiger partial charge is 0.338 e. The molecule has 7 heavy (non-hydrogen) atoms. The van der Waals surface area contributed by atoms with Crippen LogP contribution in [0.5, 0.6) is 0 Å².